The number of aryl methyl sites for hydroxylation is 1. The lowest BCUT2D eigenvalue weighted by atomic mass is 10.1. The number of nitrogens with one attached hydrogen (secondary N) is 1. The minimum atomic E-state index is -0.108. The van der Waals surface area contributed by atoms with Crippen molar-refractivity contribution in [1.82, 2.24) is 19.9 Å². The van der Waals surface area contributed by atoms with E-state index in [9.17, 15) is 4.79 Å². The Labute approximate surface area is 129 Å². The van der Waals surface area contributed by atoms with Crippen LogP contribution in [0.15, 0.2) is 23.3 Å². The van der Waals surface area contributed by atoms with Crippen LogP contribution >= 0.6 is 0 Å². The van der Waals surface area contributed by atoms with E-state index < -0.39 is 0 Å². The van der Waals surface area contributed by atoms with Crippen LogP contribution in [0, 0.1) is 6.92 Å². The van der Waals surface area contributed by atoms with E-state index in [4.69, 9.17) is 0 Å². The van der Waals surface area contributed by atoms with Gasteiger partial charge in [-0.05, 0) is 13.3 Å². The van der Waals surface area contributed by atoms with Crippen molar-refractivity contribution in [2.45, 2.75) is 19.3 Å². The fourth-order valence-electron chi connectivity index (χ4n) is 2.79. The molecule has 1 aliphatic heterocycles. The predicted molar refractivity (Wildman–Crippen MR) is 85.5 cm³/mol. The first-order valence-corrected chi connectivity index (χ1v) is 7.35. The Morgan fingerprint density at radius 2 is 2.09 bits per heavy atom. The highest BCUT2D eigenvalue weighted by Crippen LogP contribution is 2.29. The summed E-state index contributed by atoms with van der Waals surface area (Å²) in [5.41, 5.74) is 1.66. The van der Waals surface area contributed by atoms with E-state index in [1.54, 1.807) is 18.5 Å². The van der Waals surface area contributed by atoms with Crippen molar-refractivity contribution >= 4 is 11.8 Å². The monoisotopic (exact) mass is 300 g/mol. The molecule has 0 saturated carbocycles. The van der Waals surface area contributed by atoms with Crippen LogP contribution in [-0.4, -0.2) is 47.1 Å². The predicted octanol–water partition coefficient (Wildman–Crippen LogP) is 0.928. The minimum absolute atomic E-state index is 0.108. The number of hydrogen-bond donors (Lipinski definition) is 1. The largest absolute Gasteiger partial charge is 0.354 e. The van der Waals surface area contributed by atoms with E-state index in [2.05, 4.69) is 24.8 Å². The fourth-order valence-corrected chi connectivity index (χ4v) is 2.79. The molecule has 0 bridgehead atoms. The number of hydrogen-bond acceptors (Lipinski definition) is 6. The normalized spacial score (nSPS) is 17.8. The standard InChI is InChI=1S/C15H20N6O/c1-10-14(17-6-5-16-10)21-7-4-11(9-21)12-8-13(22)19-15(18-12)20(2)3/h5-6,8,11H,4,7,9H2,1-3H3,(H,18,19,22). The lowest BCUT2D eigenvalue weighted by molar-refractivity contribution is 0.732. The molecule has 2 aromatic rings. The molecule has 0 spiro atoms. The molecule has 3 heterocycles. The summed E-state index contributed by atoms with van der Waals surface area (Å²) >= 11 is 0. The van der Waals surface area contributed by atoms with Gasteiger partial charge in [-0.1, -0.05) is 0 Å². The molecule has 3 rings (SSSR count). The van der Waals surface area contributed by atoms with Gasteiger partial charge in [-0.3, -0.25) is 14.8 Å². The molecule has 7 heteroatoms. The van der Waals surface area contributed by atoms with Gasteiger partial charge in [-0.2, -0.15) is 0 Å². The number of rotatable bonds is 3. The van der Waals surface area contributed by atoms with E-state index in [1.807, 2.05) is 25.9 Å². The number of aromatic nitrogens is 4. The Hall–Kier alpha value is -2.44. The van der Waals surface area contributed by atoms with E-state index in [0.29, 0.717) is 5.95 Å². The van der Waals surface area contributed by atoms with Gasteiger partial charge in [0.25, 0.3) is 5.56 Å². The van der Waals surface area contributed by atoms with Crippen molar-refractivity contribution in [3.63, 3.8) is 0 Å². The quantitative estimate of drug-likeness (QED) is 0.908. The number of H-pyrrole nitrogens is 1. The van der Waals surface area contributed by atoms with Gasteiger partial charge in [0.2, 0.25) is 5.95 Å². The maximum absolute atomic E-state index is 11.8. The van der Waals surface area contributed by atoms with Crippen LogP contribution in [0.2, 0.25) is 0 Å². The highest BCUT2D eigenvalue weighted by atomic mass is 16.1. The SMILES string of the molecule is Cc1nccnc1N1CCC(c2cc(=O)[nH]c(N(C)C)n2)C1. The lowest BCUT2D eigenvalue weighted by Gasteiger charge is -2.19. The second-order valence-electron chi connectivity index (χ2n) is 5.79. The number of nitrogens with zero attached hydrogens (tertiary/aromatic N) is 5. The Morgan fingerprint density at radius 3 is 2.82 bits per heavy atom. The van der Waals surface area contributed by atoms with Gasteiger partial charge in [-0.15, -0.1) is 0 Å². The molecule has 1 fully saturated rings. The minimum Gasteiger partial charge on any atom is -0.354 e. The third-order valence-electron chi connectivity index (χ3n) is 3.93. The van der Waals surface area contributed by atoms with Crippen LogP contribution in [0.4, 0.5) is 11.8 Å². The third-order valence-corrected chi connectivity index (χ3v) is 3.93. The average Bonchev–Trinajstić information content (AvgIpc) is 2.96. The average molecular weight is 300 g/mol. The van der Waals surface area contributed by atoms with Crippen LogP contribution in [-0.2, 0) is 0 Å². The molecule has 0 amide bonds. The van der Waals surface area contributed by atoms with Gasteiger partial charge in [0, 0.05) is 51.6 Å². The van der Waals surface area contributed by atoms with Crippen LogP contribution in [0.5, 0.6) is 0 Å². The van der Waals surface area contributed by atoms with Gasteiger partial charge in [0.1, 0.15) is 5.82 Å². The van der Waals surface area contributed by atoms with Gasteiger partial charge in [-0.25, -0.2) is 9.97 Å². The molecule has 2 aromatic heterocycles. The Kier molecular flexibility index (Phi) is 3.79. The molecule has 1 unspecified atom stereocenters. The van der Waals surface area contributed by atoms with Crippen LogP contribution < -0.4 is 15.4 Å². The van der Waals surface area contributed by atoms with Crippen molar-refractivity contribution in [1.29, 1.82) is 0 Å². The van der Waals surface area contributed by atoms with Crippen molar-refractivity contribution in [2.24, 2.45) is 0 Å². The van der Waals surface area contributed by atoms with E-state index in [0.717, 1.165) is 36.7 Å². The first-order valence-electron chi connectivity index (χ1n) is 7.35. The summed E-state index contributed by atoms with van der Waals surface area (Å²) in [5.74, 6) is 1.75. The molecule has 22 heavy (non-hydrogen) atoms. The van der Waals surface area contributed by atoms with Crippen LogP contribution in [0.3, 0.4) is 0 Å². The topological polar surface area (TPSA) is 78.0 Å². The molecule has 1 N–H and O–H groups in total. The summed E-state index contributed by atoms with van der Waals surface area (Å²) in [7, 11) is 3.73. The number of anilines is 2. The third kappa shape index (κ3) is 2.79. The second kappa shape index (κ2) is 5.75. The van der Waals surface area contributed by atoms with Crippen LogP contribution in [0.1, 0.15) is 23.7 Å². The van der Waals surface area contributed by atoms with Gasteiger partial charge in [0.05, 0.1) is 11.4 Å². The molecule has 0 aromatic carbocycles. The van der Waals surface area contributed by atoms with Crippen LogP contribution in [0.25, 0.3) is 0 Å². The van der Waals surface area contributed by atoms with E-state index in [-0.39, 0.29) is 11.5 Å². The number of aromatic amines is 1. The Balaban J connectivity index is 1.84. The molecule has 1 atom stereocenters. The zero-order chi connectivity index (χ0) is 15.7. The molecule has 1 saturated heterocycles. The summed E-state index contributed by atoms with van der Waals surface area (Å²) < 4.78 is 0. The zero-order valence-electron chi connectivity index (χ0n) is 13.1. The first kappa shape index (κ1) is 14.5. The molecular weight excluding hydrogens is 280 g/mol. The highest BCUT2D eigenvalue weighted by Gasteiger charge is 2.27. The van der Waals surface area contributed by atoms with Crippen molar-refractivity contribution in [3.8, 4) is 0 Å². The van der Waals surface area contributed by atoms with Gasteiger partial charge < -0.3 is 9.80 Å². The highest BCUT2D eigenvalue weighted by molar-refractivity contribution is 5.44. The summed E-state index contributed by atoms with van der Waals surface area (Å²) in [4.78, 5) is 31.9. The maximum Gasteiger partial charge on any atom is 0.252 e. The van der Waals surface area contributed by atoms with Gasteiger partial charge in [0.15, 0.2) is 0 Å². The Morgan fingerprint density at radius 1 is 1.32 bits per heavy atom. The van der Waals surface area contributed by atoms with Crippen molar-refractivity contribution < 1.29 is 0 Å². The lowest BCUT2D eigenvalue weighted by Crippen LogP contribution is -2.23. The molecule has 7 nitrogen and oxygen atoms in total. The first-order chi connectivity index (χ1) is 10.5. The van der Waals surface area contributed by atoms with Gasteiger partial charge >= 0.3 is 0 Å². The van der Waals surface area contributed by atoms with E-state index in [1.165, 1.54) is 0 Å². The second-order valence-corrected chi connectivity index (χ2v) is 5.79. The molecular formula is C15H20N6O. The fraction of sp³-hybridized carbons (Fsp3) is 0.467. The molecule has 0 radical (unpaired) electrons. The smallest absolute Gasteiger partial charge is 0.252 e. The van der Waals surface area contributed by atoms with Crippen molar-refractivity contribution in [3.05, 3.63) is 40.2 Å². The Bertz CT molecular complexity index is 726. The van der Waals surface area contributed by atoms with E-state index >= 15 is 0 Å². The van der Waals surface area contributed by atoms with Crippen molar-refractivity contribution in [2.75, 3.05) is 37.0 Å². The maximum atomic E-state index is 11.8. The molecule has 1 aliphatic rings. The summed E-state index contributed by atoms with van der Waals surface area (Å²) in [6, 6.07) is 1.60. The summed E-state index contributed by atoms with van der Waals surface area (Å²) in [6.07, 6.45) is 4.37. The summed E-state index contributed by atoms with van der Waals surface area (Å²) in [5, 5.41) is 0. The summed E-state index contributed by atoms with van der Waals surface area (Å²) in [6.45, 7) is 3.67. The molecule has 116 valence electrons. The zero-order valence-corrected chi connectivity index (χ0v) is 13.1. The molecule has 0 aliphatic carbocycles.